The first kappa shape index (κ1) is 16.0. The lowest BCUT2D eigenvalue weighted by atomic mass is 10.0. The van der Waals surface area contributed by atoms with Crippen molar-refractivity contribution in [1.82, 2.24) is 10.2 Å². The largest absolute Gasteiger partial charge is 0.338 e. The molecule has 5 heteroatoms. The fourth-order valence-corrected chi connectivity index (χ4v) is 3.69. The van der Waals surface area contributed by atoms with Gasteiger partial charge in [-0.25, -0.2) is 4.79 Å². The van der Waals surface area contributed by atoms with Gasteiger partial charge in [0.15, 0.2) is 0 Å². The number of nitrogens with one attached hydrogen (secondary N) is 1. The molecule has 0 aromatic heterocycles. The highest BCUT2D eigenvalue weighted by Crippen LogP contribution is 2.16. The molecule has 1 N–H and O–H groups in total. The highest BCUT2D eigenvalue weighted by Gasteiger charge is 2.30. The van der Waals surface area contributed by atoms with Gasteiger partial charge in [-0.3, -0.25) is 4.21 Å². The Labute approximate surface area is 129 Å². The molecule has 21 heavy (non-hydrogen) atoms. The second kappa shape index (κ2) is 7.07. The Morgan fingerprint density at radius 2 is 1.90 bits per heavy atom. The fourth-order valence-electron chi connectivity index (χ4n) is 2.81. The quantitative estimate of drug-likeness (QED) is 0.903. The summed E-state index contributed by atoms with van der Waals surface area (Å²) in [5, 5.41) is 2.96. The van der Waals surface area contributed by atoms with E-state index in [4.69, 9.17) is 0 Å². The molecular weight excluding hydrogens is 284 g/mol. The monoisotopic (exact) mass is 308 g/mol. The number of benzene rings is 1. The molecule has 1 unspecified atom stereocenters. The first-order valence-corrected chi connectivity index (χ1v) is 9.06. The van der Waals surface area contributed by atoms with Crippen LogP contribution < -0.4 is 5.32 Å². The van der Waals surface area contributed by atoms with Crippen LogP contribution in [0.5, 0.6) is 0 Å². The number of aryl methyl sites for hydroxylation is 2. The van der Waals surface area contributed by atoms with Crippen molar-refractivity contribution in [2.45, 2.75) is 20.3 Å². The van der Waals surface area contributed by atoms with E-state index in [1.54, 1.807) is 11.2 Å². The molecule has 2 amide bonds. The molecule has 0 saturated carbocycles. The second-order valence-electron chi connectivity index (χ2n) is 5.99. The minimum absolute atomic E-state index is 0.00231. The van der Waals surface area contributed by atoms with Crippen molar-refractivity contribution in [3.63, 3.8) is 0 Å². The molecule has 1 aliphatic rings. The number of nitrogens with zero attached hydrogens (tertiary/aromatic N) is 1. The van der Waals surface area contributed by atoms with Crippen LogP contribution in [0.2, 0.25) is 0 Å². The smallest absolute Gasteiger partial charge is 0.317 e. The van der Waals surface area contributed by atoms with E-state index >= 15 is 0 Å². The van der Waals surface area contributed by atoms with Crippen LogP contribution in [0.4, 0.5) is 4.79 Å². The average molecular weight is 308 g/mol. The van der Waals surface area contributed by atoms with E-state index in [0.717, 1.165) is 19.5 Å². The van der Waals surface area contributed by atoms with Gasteiger partial charge in [-0.1, -0.05) is 29.3 Å². The standard InChI is InChI=1S/C16H24N2O2S/c1-12-6-13(2)8-14(7-12)4-5-17-16(19)18-9-15(10-18)11-21(3)20/h6-8,15H,4-5,9-11H2,1-3H3,(H,17,19). The van der Waals surface area contributed by atoms with E-state index in [0.29, 0.717) is 18.2 Å². The second-order valence-corrected chi connectivity index (χ2v) is 7.47. The van der Waals surface area contributed by atoms with Crippen LogP contribution in [0.15, 0.2) is 18.2 Å². The molecule has 1 fully saturated rings. The zero-order valence-corrected chi connectivity index (χ0v) is 13.8. The first-order valence-electron chi connectivity index (χ1n) is 7.34. The fraction of sp³-hybridized carbons (Fsp3) is 0.562. The van der Waals surface area contributed by atoms with Gasteiger partial charge >= 0.3 is 6.03 Å². The number of urea groups is 1. The summed E-state index contributed by atoms with van der Waals surface area (Å²) in [6.45, 7) is 6.30. The van der Waals surface area contributed by atoms with Crippen LogP contribution in [0, 0.1) is 19.8 Å². The van der Waals surface area contributed by atoms with Gasteiger partial charge in [-0.05, 0) is 25.8 Å². The molecule has 1 aromatic rings. The molecule has 1 heterocycles. The lowest BCUT2D eigenvalue weighted by Gasteiger charge is -2.38. The summed E-state index contributed by atoms with van der Waals surface area (Å²) >= 11 is 0. The lowest BCUT2D eigenvalue weighted by Crippen LogP contribution is -2.55. The van der Waals surface area contributed by atoms with Crippen molar-refractivity contribution in [3.05, 3.63) is 34.9 Å². The van der Waals surface area contributed by atoms with Crippen LogP contribution in [0.1, 0.15) is 16.7 Å². The number of carbonyl (C=O) groups excluding carboxylic acids is 1. The van der Waals surface area contributed by atoms with Crippen LogP contribution in [0.25, 0.3) is 0 Å². The van der Waals surface area contributed by atoms with E-state index in [9.17, 15) is 9.00 Å². The summed E-state index contributed by atoms with van der Waals surface area (Å²) in [4.78, 5) is 13.7. The number of amides is 2. The van der Waals surface area contributed by atoms with Crippen molar-refractivity contribution in [2.75, 3.05) is 31.6 Å². The Hall–Kier alpha value is -1.36. The molecule has 2 rings (SSSR count). The van der Waals surface area contributed by atoms with Gasteiger partial charge in [0.2, 0.25) is 0 Å². The average Bonchev–Trinajstić information content (AvgIpc) is 2.31. The van der Waals surface area contributed by atoms with Crippen LogP contribution in [0.3, 0.4) is 0 Å². The van der Waals surface area contributed by atoms with E-state index in [1.165, 1.54) is 16.7 Å². The van der Waals surface area contributed by atoms with Gasteiger partial charge in [0.25, 0.3) is 0 Å². The number of likely N-dealkylation sites (tertiary alicyclic amines) is 1. The molecule has 1 aliphatic heterocycles. The first-order chi connectivity index (χ1) is 9.94. The molecule has 116 valence electrons. The minimum Gasteiger partial charge on any atom is -0.338 e. The Morgan fingerprint density at radius 1 is 1.29 bits per heavy atom. The Balaban J connectivity index is 1.69. The molecule has 0 radical (unpaired) electrons. The summed E-state index contributed by atoms with van der Waals surface area (Å²) in [7, 11) is -0.766. The van der Waals surface area contributed by atoms with E-state index in [1.807, 2.05) is 0 Å². The maximum Gasteiger partial charge on any atom is 0.317 e. The van der Waals surface area contributed by atoms with E-state index in [2.05, 4.69) is 37.4 Å². The number of hydrogen-bond acceptors (Lipinski definition) is 2. The summed E-state index contributed by atoms with van der Waals surface area (Å²) in [6.07, 6.45) is 2.57. The third-order valence-corrected chi connectivity index (χ3v) is 4.63. The predicted molar refractivity (Wildman–Crippen MR) is 87.0 cm³/mol. The van der Waals surface area contributed by atoms with E-state index in [-0.39, 0.29) is 6.03 Å². The van der Waals surface area contributed by atoms with Crippen molar-refractivity contribution in [3.8, 4) is 0 Å². The maximum atomic E-state index is 11.9. The van der Waals surface area contributed by atoms with Crippen molar-refractivity contribution in [1.29, 1.82) is 0 Å². The molecular formula is C16H24N2O2S. The van der Waals surface area contributed by atoms with Gasteiger partial charge in [-0.2, -0.15) is 0 Å². The van der Waals surface area contributed by atoms with Crippen molar-refractivity contribution < 1.29 is 9.00 Å². The summed E-state index contributed by atoms with van der Waals surface area (Å²) < 4.78 is 11.1. The van der Waals surface area contributed by atoms with Gasteiger partial charge in [-0.15, -0.1) is 0 Å². The Morgan fingerprint density at radius 3 is 2.48 bits per heavy atom. The SMILES string of the molecule is Cc1cc(C)cc(CCNC(=O)N2CC(CS(C)=O)C2)c1. The highest BCUT2D eigenvalue weighted by atomic mass is 32.2. The van der Waals surface area contributed by atoms with Gasteiger partial charge in [0.1, 0.15) is 0 Å². The third kappa shape index (κ3) is 4.84. The van der Waals surface area contributed by atoms with Gasteiger partial charge in [0.05, 0.1) is 0 Å². The Bertz CT molecular complexity index is 519. The number of rotatable bonds is 5. The molecule has 1 atom stereocenters. The third-order valence-electron chi connectivity index (χ3n) is 3.69. The molecule has 0 bridgehead atoms. The predicted octanol–water partition coefficient (Wildman–Crippen LogP) is 1.87. The lowest BCUT2D eigenvalue weighted by molar-refractivity contribution is 0.131. The van der Waals surface area contributed by atoms with E-state index < -0.39 is 10.8 Å². The normalized spacial score (nSPS) is 16.4. The Kier molecular flexibility index (Phi) is 5.39. The molecule has 4 nitrogen and oxygen atoms in total. The van der Waals surface area contributed by atoms with Crippen LogP contribution in [-0.4, -0.2) is 46.8 Å². The van der Waals surface area contributed by atoms with Crippen molar-refractivity contribution >= 4 is 16.8 Å². The summed E-state index contributed by atoms with van der Waals surface area (Å²) in [5.74, 6) is 1.10. The number of carbonyl (C=O) groups is 1. The highest BCUT2D eigenvalue weighted by molar-refractivity contribution is 7.84. The summed E-state index contributed by atoms with van der Waals surface area (Å²) in [6, 6.07) is 6.47. The minimum atomic E-state index is -0.766. The topological polar surface area (TPSA) is 49.4 Å². The maximum absolute atomic E-state index is 11.9. The van der Waals surface area contributed by atoms with Crippen LogP contribution in [-0.2, 0) is 17.2 Å². The molecule has 0 spiro atoms. The van der Waals surface area contributed by atoms with Crippen LogP contribution >= 0.6 is 0 Å². The zero-order valence-electron chi connectivity index (χ0n) is 13.0. The molecule has 0 aliphatic carbocycles. The van der Waals surface area contributed by atoms with Gasteiger partial charge < -0.3 is 10.2 Å². The van der Waals surface area contributed by atoms with Crippen molar-refractivity contribution in [2.24, 2.45) is 5.92 Å². The zero-order chi connectivity index (χ0) is 15.4. The summed E-state index contributed by atoms with van der Waals surface area (Å²) in [5.41, 5.74) is 3.78. The van der Waals surface area contributed by atoms with Gasteiger partial charge in [0, 0.05) is 48.4 Å². The molecule has 1 saturated heterocycles. The number of hydrogen-bond donors (Lipinski definition) is 1. The molecule has 1 aromatic carbocycles.